The van der Waals surface area contributed by atoms with Crippen LogP contribution in [0.25, 0.3) is 11.0 Å². The van der Waals surface area contributed by atoms with Crippen LogP contribution in [0, 0.1) is 0 Å². The molecule has 0 amide bonds. The first-order chi connectivity index (χ1) is 9.30. The summed E-state index contributed by atoms with van der Waals surface area (Å²) in [5.41, 5.74) is 2.09. The zero-order valence-electron chi connectivity index (χ0n) is 11.4. The van der Waals surface area contributed by atoms with Gasteiger partial charge in [-0.15, -0.1) is 11.6 Å². The Morgan fingerprint density at radius 3 is 2.95 bits per heavy atom. The number of thioether (sulfide) groups is 1. The number of aromatic nitrogens is 2. The number of nitrogens with zero attached hydrogens (tertiary/aromatic N) is 2. The SMILES string of the molecule is CCSCCCn1c(CCl)nc2ccc(OC)cc21. The van der Waals surface area contributed by atoms with Crippen LogP contribution >= 0.6 is 23.4 Å². The molecule has 0 N–H and O–H groups in total. The van der Waals surface area contributed by atoms with Crippen LogP contribution in [-0.2, 0) is 12.4 Å². The number of imidazole rings is 1. The molecule has 2 rings (SSSR count). The molecule has 0 spiro atoms. The van der Waals surface area contributed by atoms with E-state index >= 15 is 0 Å². The third-order valence-corrected chi connectivity index (χ3v) is 4.25. The van der Waals surface area contributed by atoms with Crippen molar-refractivity contribution in [2.45, 2.75) is 25.8 Å². The van der Waals surface area contributed by atoms with Crippen LogP contribution in [0.1, 0.15) is 19.2 Å². The third kappa shape index (κ3) is 3.37. The molecule has 0 bridgehead atoms. The van der Waals surface area contributed by atoms with Gasteiger partial charge >= 0.3 is 0 Å². The van der Waals surface area contributed by atoms with Crippen LogP contribution in [-0.4, -0.2) is 28.2 Å². The molecule has 0 atom stereocenters. The van der Waals surface area contributed by atoms with Crippen molar-refractivity contribution in [1.82, 2.24) is 9.55 Å². The Hall–Kier alpha value is -0.870. The number of hydrogen-bond acceptors (Lipinski definition) is 3. The second kappa shape index (κ2) is 7.06. The number of alkyl halides is 1. The van der Waals surface area contributed by atoms with E-state index in [4.69, 9.17) is 16.3 Å². The lowest BCUT2D eigenvalue weighted by Crippen LogP contribution is -2.03. The van der Waals surface area contributed by atoms with Gasteiger partial charge in [0.1, 0.15) is 11.6 Å². The molecule has 5 heteroatoms. The van der Waals surface area contributed by atoms with Gasteiger partial charge in [-0.1, -0.05) is 6.92 Å². The summed E-state index contributed by atoms with van der Waals surface area (Å²) in [6, 6.07) is 5.96. The van der Waals surface area contributed by atoms with Gasteiger partial charge in [-0.05, 0) is 30.1 Å². The average Bonchev–Trinajstić information content (AvgIpc) is 2.80. The van der Waals surface area contributed by atoms with E-state index < -0.39 is 0 Å². The maximum atomic E-state index is 6.00. The summed E-state index contributed by atoms with van der Waals surface area (Å²) in [7, 11) is 1.68. The topological polar surface area (TPSA) is 27.1 Å². The molecule has 0 radical (unpaired) electrons. The number of benzene rings is 1. The van der Waals surface area contributed by atoms with Crippen molar-refractivity contribution in [3.05, 3.63) is 24.0 Å². The Labute approximate surface area is 123 Å². The Balaban J connectivity index is 2.27. The number of aryl methyl sites for hydroxylation is 1. The lowest BCUT2D eigenvalue weighted by atomic mass is 10.3. The molecule has 0 unspecified atom stereocenters. The van der Waals surface area contributed by atoms with E-state index in [-0.39, 0.29) is 0 Å². The molecule has 1 aromatic heterocycles. The highest BCUT2D eigenvalue weighted by Crippen LogP contribution is 2.23. The molecule has 0 aliphatic rings. The number of halogens is 1. The van der Waals surface area contributed by atoms with E-state index in [9.17, 15) is 0 Å². The zero-order valence-corrected chi connectivity index (χ0v) is 12.9. The van der Waals surface area contributed by atoms with Gasteiger partial charge in [-0.3, -0.25) is 0 Å². The number of rotatable bonds is 7. The van der Waals surface area contributed by atoms with Crippen LogP contribution in [0.5, 0.6) is 5.75 Å². The van der Waals surface area contributed by atoms with Crippen molar-refractivity contribution in [3.8, 4) is 5.75 Å². The molecule has 104 valence electrons. The molecule has 2 aromatic rings. The van der Waals surface area contributed by atoms with Crippen LogP contribution in [0.3, 0.4) is 0 Å². The maximum Gasteiger partial charge on any atom is 0.124 e. The van der Waals surface area contributed by atoms with E-state index in [1.807, 2.05) is 30.0 Å². The highest BCUT2D eigenvalue weighted by atomic mass is 35.5. The fourth-order valence-electron chi connectivity index (χ4n) is 2.10. The van der Waals surface area contributed by atoms with Gasteiger partial charge in [0.25, 0.3) is 0 Å². The number of methoxy groups -OCH3 is 1. The predicted molar refractivity (Wildman–Crippen MR) is 83.5 cm³/mol. The molecule has 0 aliphatic carbocycles. The number of hydrogen-bond donors (Lipinski definition) is 0. The summed E-state index contributed by atoms with van der Waals surface area (Å²) in [4.78, 5) is 4.57. The maximum absolute atomic E-state index is 6.00. The summed E-state index contributed by atoms with van der Waals surface area (Å²) in [6.07, 6.45) is 1.13. The lowest BCUT2D eigenvalue weighted by Gasteiger charge is -2.08. The Bertz CT molecular complexity index is 541. The summed E-state index contributed by atoms with van der Waals surface area (Å²) >= 11 is 7.96. The molecule has 3 nitrogen and oxygen atoms in total. The second-order valence-electron chi connectivity index (χ2n) is 4.22. The molecule has 0 saturated carbocycles. The van der Waals surface area contributed by atoms with Gasteiger partial charge < -0.3 is 9.30 Å². The van der Waals surface area contributed by atoms with Gasteiger partial charge in [0.15, 0.2) is 0 Å². The molecule has 0 saturated heterocycles. The van der Waals surface area contributed by atoms with Crippen LogP contribution in [0.4, 0.5) is 0 Å². The fraction of sp³-hybridized carbons (Fsp3) is 0.500. The average molecular weight is 299 g/mol. The third-order valence-electron chi connectivity index (χ3n) is 3.03. The minimum atomic E-state index is 0.442. The largest absolute Gasteiger partial charge is 0.497 e. The first kappa shape index (κ1) is 14.5. The summed E-state index contributed by atoms with van der Waals surface area (Å²) in [6.45, 7) is 3.14. The fourth-order valence-corrected chi connectivity index (χ4v) is 2.93. The number of fused-ring (bicyclic) bond motifs is 1. The van der Waals surface area contributed by atoms with Gasteiger partial charge in [0.05, 0.1) is 24.0 Å². The van der Waals surface area contributed by atoms with Crippen molar-refractivity contribution in [2.75, 3.05) is 18.6 Å². The normalized spacial score (nSPS) is 11.1. The highest BCUT2D eigenvalue weighted by molar-refractivity contribution is 7.99. The van der Waals surface area contributed by atoms with Crippen molar-refractivity contribution in [1.29, 1.82) is 0 Å². The second-order valence-corrected chi connectivity index (χ2v) is 5.88. The summed E-state index contributed by atoms with van der Waals surface area (Å²) in [5, 5.41) is 0. The standard InChI is InChI=1S/C14H19ClN2OS/c1-3-19-8-4-7-17-13-9-11(18-2)5-6-12(13)16-14(17)10-15/h5-6,9H,3-4,7-8,10H2,1-2H3. The van der Waals surface area contributed by atoms with Crippen molar-refractivity contribution < 1.29 is 4.74 Å². The first-order valence-corrected chi connectivity index (χ1v) is 8.16. The van der Waals surface area contributed by atoms with Gasteiger partial charge in [-0.2, -0.15) is 11.8 Å². The zero-order chi connectivity index (χ0) is 13.7. The van der Waals surface area contributed by atoms with E-state index in [2.05, 4.69) is 16.5 Å². The van der Waals surface area contributed by atoms with Gasteiger partial charge in [0, 0.05) is 12.6 Å². The van der Waals surface area contributed by atoms with E-state index in [1.54, 1.807) is 7.11 Å². The molecule has 19 heavy (non-hydrogen) atoms. The minimum Gasteiger partial charge on any atom is -0.497 e. The van der Waals surface area contributed by atoms with Crippen molar-refractivity contribution in [2.24, 2.45) is 0 Å². The molecule has 0 fully saturated rings. The molecule has 1 aromatic carbocycles. The van der Waals surface area contributed by atoms with Gasteiger partial charge in [0.2, 0.25) is 0 Å². The van der Waals surface area contributed by atoms with Crippen LogP contribution in [0.15, 0.2) is 18.2 Å². The molecular weight excluding hydrogens is 280 g/mol. The molecule has 1 heterocycles. The lowest BCUT2D eigenvalue weighted by molar-refractivity contribution is 0.415. The van der Waals surface area contributed by atoms with E-state index in [0.717, 1.165) is 35.6 Å². The van der Waals surface area contributed by atoms with Crippen molar-refractivity contribution in [3.63, 3.8) is 0 Å². The first-order valence-electron chi connectivity index (χ1n) is 6.47. The Morgan fingerprint density at radius 1 is 1.42 bits per heavy atom. The smallest absolute Gasteiger partial charge is 0.124 e. The Morgan fingerprint density at radius 2 is 2.26 bits per heavy atom. The monoisotopic (exact) mass is 298 g/mol. The van der Waals surface area contributed by atoms with E-state index in [0.29, 0.717) is 5.88 Å². The quantitative estimate of drug-likeness (QED) is 0.572. The van der Waals surface area contributed by atoms with Crippen LogP contribution < -0.4 is 4.74 Å². The van der Waals surface area contributed by atoms with Gasteiger partial charge in [-0.25, -0.2) is 4.98 Å². The summed E-state index contributed by atoms with van der Waals surface area (Å²) in [5.74, 6) is 4.57. The minimum absolute atomic E-state index is 0.442. The van der Waals surface area contributed by atoms with Crippen molar-refractivity contribution >= 4 is 34.4 Å². The predicted octanol–water partition coefficient (Wildman–Crippen LogP) is 3.93. The summed E-state index contributed by atoms with van der Waals surface area (Å²) < 4.78 is 7.49. The number of ether oxygens (including phenoxy) is 1. The highest BCUT2D eigenvalue weighted by Gasteiger charge is 2.10. The molecular formula is C14H19ClN2OS. The Kier molecular flexibility index (Phi) is 5.40. The molecule has 0 aliphatic heterocycles. The van der Waals surface area contributed by atoms with E-state index in [1.165, 1.54) is 11.5 Å². The van der Waals surface area contributed by atoms with Crippen LogP contribution in [0.2, 0.25) is 0 Å².